The fraction of sp³-hybridized carbons (Fsp3) is 0.385. The van der Waals surface area contributed by atoms with Crippen LogP contribution < -0.4 is 5.73 Å². The second-order valence-electron chi connectivity index (χ2n) is 4.82. The van der Waals surface area contributed by atoms with E-state index in [-0.39, 0.29) is 5.82 Å². The van der Waals surface area contributed by atoms with Crippen LogP contribution in [0.5, 0.6) is 0 Å². The molecule has 4 nitrogen and oxygen atoms in total. The molecule has 0 saturated carbocycles. The number of halogens is 3. The average Bonchev–Trinajstić information content (AvgIpc) is 2.84. The summed E-state index contributed by atoms with van der Waals surface area (Å²) in [6, 6.07) is 7.73. The maximum Gasteiger partial charge on any atom is 0.415 e. The molecule has 0 fully saturated rings. The molecule has 8 heteroatoms. The Kier molecular flexibility index (Phi) is 4.29. The topological polar surface area (TPSA) is 64.9 Å². The molecule has 1 aromatic carbocycles. The van der Waals surface area contributed by atoms with Crippen molar-refractivity contribution in [2.75, 3.05) is 0 Å². The minimum atomic E-state index is -4.65. The first-order valence-corrected chi connectivity index (χ1v) is 7.07. The highest BCUT2D eigenvalue weighted by Crippen LogP contribution is 2.35. The van der Waals surface area contributed by atoms with Crippen molar-refractivity contribution in [3.63, 3.8) is 0 Å². The van der Waals surface area contributed by atoms with Gasteiger partial charge in [-0.1, -0.05) is 22.9 Å². The first-order valence-electron chi connectivity index (χ1n) is 6.08. The Balaban J connectivity index is 2.07. The smallest absolute Gasteiger partial charge is 0.337 e. The largest absolute Gasteiger partial charge is 0.415 e. The van der Waals surface area contributed by atoms with Crippen LogP contribution in [0.2, 0.25) is 0 Å². The molecule has 0 amide bonds. The molecule has 0 spiro atoms. The van der Waals surface area contributed by atoms with E-state index in [0.29, 0.717) is 5.75 Å². The van der Waals surface area contributed by atoms with Crippen molar-refractivity contribution in [1.82, 2.24) is 10.1 Å². The number of rotatable bonds is 4. The number of hydrogen-bond donors (Lipinski definition) is 1. The second kappa shape index (κ2) is 5.69. The van der Waals surface area contributed by atoms with Crippen LogP contribution in [0.1, 0.15) is 24.2 Å². The molecule has 0 aliphatic heterocycles. The lowest BCUT2D eigenvalue weighted by Crippen LogP contribution is -2.48. The minimum absolute atomic E-state index is 0.178. The number of nitrogens with two attached hydrogens (primary N) is 1. The SMILES string of the molecule is Cc1cccc(SCc2noc(C(C)(N)C(F)(F)F)n2)c1. The van der Waals surface area contributed by atoms with Crippen molar-refractivity contribution in [2.45, 2.75) is 36.2 Å². The fourth-order valence-corrected chi connectivity index (χ4v) is 2.35. The highest BCUT2D eigenvalue weighted by atomic mass is 32.2. The molecule has 1 aromatic heterocycles. The van der Waals surface area contributed by atoms with Gasteiger partial charge >= 0.3 is 6.18 Å². The molecule has 0 bridgehead atoms. The summed E-state index contributed by atoms with van der Waals surface area (Å²) in [5.74, 6) is -0.145. The van der Waals surface area contributed by atoms with Gasteiger partial charge in [0.25, 0.3) is 5.89 Å². The molecule has 21 heavy (non-hydrogen) atoms. The summed E-state index contributed by atoms with van der Waals surface area (Å²) < 4.78 is 42.9. The van der Waals surface area contributed by atoms with E-state index in [1.54, 1.807) is 0 Å². The van der Waals surface area contributed by atoms with E-state index in [4.69, 9.17) is 5.73 Å². The van der Waals surface area contributed by atoms with Crippen molar-refractivity contribution < 1.29 is 17.7 Å². The maximum absolute atomic E-state index is 12.8. The van der Waals surface area contributed by atoms with Crippen molar-refractivity contribution in [3.8, 4) is 0 Å². The number of hydrogen-bond acceptors (Lipinski definition) is 5. The highest BCUT2D eigenvalue weighted by Gasteiger charge is 2.53. The van der Waals surface area contributed by atoms with Crippen LogP contribution in [-0.4, -0.2) is 16.3 Å². The molecular formula is C13H14F3N3OS. The number of nitrogens with zero attached hydrogens (tertiary/aromatic N) is 2. The standard InChI is InChI=1S/C13H14F3N3OS/c1-8-4-3-5-9(6-8)21-7-10-18-11(20-19-10)12(2,17)13(14,15)16/h3-6H,7,17H2,1-2H3. The van der Waals surface area contributed by atoms with Gasteiger partial charge in [-0.2, -0.15) is 18.2 Å². The Labute approximate surface area is 123 Å². The lowest BCUT2D eigenvalue weighted by molar-refractivity contribution is -0.190. The average molecular weight is 317 g/mol. The first-order chi connectivity index (χ1) is 9.70. The third-order valence-corrected chi connectivity index (χ3v) is 3.85. The maximum atomic E-state index is 12.8. The summed E-state index contributed by atoms with van der Waals surface area (Å²) in [5, 5.41) is 3.55. The monoisotopic (exact) mass is 317 g/mol. The van der Waals surface area contributed by atoms with Gasteiger partial charge in [0.1, 0.15) is 0 Å². The molecular weight excluding hydrogens is 303 g/mol. The summed E-state index contributed by atoms with van der Waals surface area (Å²) in [6.45, 7) is 2.76. The highest BCUT2D eigenvalue weighted by molar-refractivity contribution is 7.98. The van der Waals surface area contributed by atoms with Gasteiger partial charge in [0.2, 0.25) is 0 Å². The quantitative estimate of drug-likeness (QED) is 0.876. The normalized spacial score (nSPS) is 15.0. The van der Waals surface area contributed by atoms with E-state index < -0.39 is 17.6 Å². The fourth-order valence-electron chi connectivity index (χ4n) is 1.50. The summed E-state index contributed by atoms with van der Waals surface area (Å²) in [4.78, 5) is 4.72. The molecule has 0 aliphatic rings. The zero-order chi connectivity index (χ0) is 15.7. The van der Waals surface area contributed by atoms with Crippen molar-refractivity contribution >= 4 is 11.8 Å². The Hall–Kier alpha value is -1.54. The number of thioether (sulfide) groups is 1. The van der Waals surface area contributed by atoms with Crippen LogP contribution in [0.15, 0.2) is 33.7 Å². The number of aryl methyl sites for hydroxylation is 1. The van der Waals surface area contributed by atoms with E-state index in [0.717, 1.165) is 17.4 Å². The predicted octanol–water partition coefficient (Wildman–Crippen LogP) is 3.41. The van der Waals surface area contributed by atoms with Crippen LogP contribution >= 0.6 is 11.8 Å². The summed E-state index contributed by atoms with van der Waals surface area (Å²) in [6.07, 6.45) is -4.65. The van der Waals surface area contributed by atoms with Gasteiger partial charge in [-0.05, 0) is 26.0 Å². The van der Waals surface area contributed by atoms with Gasteiger partial charge in [-0.3, -0.25) is 0 Å². The van der Waals surface area contributed by atoms with E-state index in [1.807, 2.05) is 31.2 Å². The van der Waals surface area contributed by atoms with E-state index >= 15 is 0 Å². The number of alkyl halides is 3. The molecule has 1 heterocycles. The van der Waals surface area contributed by atoms with Crippen molar-refractivity contribution in [3.05, 3.63) is 41.5 Å². The number of benzene rings is 1. The minimum Gasteiger partial charge on any atom is -0.337 e. The van der Waals surface area contributed by atoms with Gasteiger partial charge in [0, 0.05) is 4.90 Å². The Bertz CT molecular complexity index is 625. The zero-order valence-electron chi connectivity index (χ0n) is 11.4. The molecule has 0 aliphatic carbocycles. The first kappa shape index (κ1) is 15.8. The molecule has 1 atom stereocenters. The zero-order valence-corrected chi connectivity index (χ0v) is 12.3. The van der Waals surface area contributed by atoms with Crippen LogP contribution in [0, 0.1) is 6.92 Å². The van der Waals surface area contributed by atoms with Crippen LogP contribution in [-0.2, 0) is 11.3 Å². The summed E-state index contributed by atoms with van der Waals surface area (Å²) in [5.41, 5.74) is 3.68. The molecule has 2 N–H and O–H groups in total. The third-order valence-electron chi connectivity index (χ3n) is 2.86. The summed E-state index contributed by atoms with van der Waals surface area (Å²) >= 11 is 1.41. The van der Waals surface area contributed by atoms with Crippen LogP contribution in [0.3, 0.4) is 0 Å². The Morgan fingerprint density at radius 1 is 1.33 bits per heavy atom. The lowest BCUT2D eigenvalue weighted by atomic mass is 10.0. The Morgan fingerprint density at radius 3 is 2.67 bits per heavy atom. The molecule has 1 unspecified atom stereocenters. The van der Waals surface area contributed by atoms with Gasteiger partial charge < -0.3 is 10.3 Å². The van der Waals surface area contributed by atoms with Gasteiger partial charge in [0.15, 0.2) is 11.4 Å². The van der Waals surface area contributed by atoms with E-state index in [2.05, 4.69) is 14.7 Å². The summed E-state index contributed by atoms with van der Waals surface area (Å²) in [7, 11) is 0. The molecule has 2 rings (SSSR count). The van der Waals surface area contributed by atoms with Crippen molar-refractivity contribution in [1.29, 1.82) is 0 Å². The molecule has 0 radical (unpaired) electrons. The third kappa shape index (κ3) is 3.56. The number of aromatic nitrogens is 2. The van der Waals surface area contributed by atoms with Crippen LogP contribution in [0.4, 0.5) is 13.2 Å². The molecule has 2 aromatic rings. The second-order valence-corrected chi connectivity index (χ2v) is 5.87. The van der Waals surface area contributed by atoms with Crippen LogP contribution in [0.25, 0.3) is 0 Å². The van der Waals surface area contributed by atoms with Gasteiger partial charge in [-0.25, -0.2) is 0 Å². The van der Waals surface area contributed by atoms with E-state index in [9.17, 15) is 13.2 Å². The van der Waals surface area contributed by atoms with Gasteiger partial charge in [0.05, 0.1) is 5.75 Å². The van der Waals surface area contributed by atoms with Crippen molar-refractivity contribution in [2.24, 2.45) is 5.73 Å². The molecule has 0 saturated heterocycles. The molecule has 114 valence electrons. The van der Waals surface area contributed by atoms with Gasteiger partial charge in [-0.15, -0.1) is 11.8 Å². The Morgan fingerprint density at radius 2 is 2.05 bits per heavy atom. The lowest BCUT2D eigenvalue weighted by Gasteiger charge is -2.22. The van der Waals surface area contributed by atoms with E-state index in [1.165, 1.54) is 11.8 Å². The predicted molar refractivity (Wildman–Crippen MR) is 72.6 cm³/mol.